The van der Waals surface area contributed by atoms with E-state index in [1.54, 1.807) is 31.6 Å². The molecule has 0 fully saturated rings. The third-order valence-electron chi connectivity index (χ3n) is 2.19. The Morgan fingerprint density at radius 2 is 1.94 bits per heavy atom. The molecule has 0 radical (unpaired) electrons. The molecule has 2 aromatic heterocycles. The molecule has 2 heterocycles. The minimum absolute atomic E-state index is 0.490. The number of aliphatic hydroxyl groups excluding tert-OH is 1. The lowest BCUT2D eigenvalue weighted by Gasteiger charge is -2.05. The Labute approximate surface area is 104 Å². The summed E-state index contributed by atoms with van der Waals surface area (Å²) in [5, 5.41) is 10.9. The number of pyridine rings is 1. The van der Waals surface area contributed by atoms with E-state index in [1.807, 2.05) is 13.0 Å². The maximum Gasteiger partial charge on any atom is 0.193 e. The first-order valence-corrected chi connectivity index (χ1v) is 6.07. The standard InChI is InChI=1S/C12H13N3OS/c1-8-6-14-12(15-7-8)17-11-5-10(9(2)16)3-4-13-11/h3-7,9,16H,1-2H3/t9-/m0/s1. The van der Waals surface area contributed by atoms with Crippen LogP contribution in [0.25, 0.3) is 0 Å². The Morgan fingerprint density at radius 1 is 1.24 bits per heavy atom. The summed E-state index contributed by atoms with van der Waals surface area (Å²) in [6.45, 7) is 3.67. The number of hydrogen-bond acceptors (Lipinski definition) is 5. The molecule has 0 aliphatic heterocycles. The highest BCUT2D eigenvalue weighted by atomic mass is 32.2. The summed E-state index contributed by atoms with van der Waals surface area (Å²) in [6.07, 6.45) is 4.73. The summed E-state index contributed by atoms with van der Waals surface area (Å²) in [5.74, 6) is 0. The van der Waals surface area contributed by atoms with E-state index < -0.39 is 6.10 Å². The van der Waals surface area contributed by atoms with Gasteiger partial charge < -0.3 is 5.11 Å². The molecule has 88 valence electrons. The van der Waals surface area contributed by atoms with Crippen molar-refractivity contribution in [3.05, 3.63) is 41.9 Å². The highest BCUT2D eigenvalue weighted by Crippen LogP contribution is 2.24. The molecule has 0 amide bonds. The second kappa shape index (κ2) is 5.25. The molecule has 17 heavy (non-hydrogen) atoms. The number of nitrogens with zero attached hydrogens (tertiary/aromatic N) is 3. The van der Waals surface area contributed by atoms with Crippen molar-refractivity contribution in [2.45, 2.75) is 30.1 Å². The summed E-state index contributed by atoms with van der Waals surface area (Å²) >= 11 is 1.38. The zero-order valence-corrected chi connectivity index (χ0v) is 10.5. The van der Waals surface area contributed by atoms with E-state index in [2.05, 4.69) is 15.0 Å². The third-order valence-corrected chi connectivity index (χ3v) is 3.02. The summed E-state index contributed by atoms with van der Waals surface area (Å²) in [5.41, 5.74) is 1.87. The van der Waals surface area contributed by atoms with E-state index in [1.165, 1.54) is 11.8 Å². The predicted octanol–water partition coefficient (Wildman–Crippen LogP) is 2.38. The fourth-order valence-electron chi connectivity index (χ4n) is 1.27. The van der Waals surface area contributed by atoms with Crippen molar-refractivity contribution < 1.29 is 5.11 Å². The van der Waals surface area contributed by atoms with Crippen LogP contribution in [0.2, 0.25) is 0 Å². The maximum atomic E-state index is 9.48. The molecule has 0 aliphatic carbocycles. The van der Waals surface area contributed by atoms with E-state index >= 15 is 0 Å². The third kappa shape index (κ3) is 3.25. The SMILES string of the molecule is Cc1cnc(Sc2cc([C@H](C)O)ccn2)nc1. The van der Waals surface area contributed by atoms with Gasteiger partial charge in [0.1, 0.15) is 5.03 Å². The molecular weight excluding hydrogens is 234 g/mol. The van der Waals surface area contributed by atoms with Crippen LogP contribution in [-0.4, -0.2) is 20.1 Å². The van der Waals surface area contributed by atoms with Crippen LogP contribution in [0.4, 0.5) is 0 Å². The quantitative estimate of drug-likeness (QED) is 0.844. The van der Waals surface area contributed by atoms with Crippen LogP contribution in [-0.2, 0) is 0 Å². The first-order valence-electron chi connectivity index (χ1n) is 5.25. The molecule has 0 unspecified atom stereocenters. The second-order valence-electron chi connectivity index (χ2n) is 3.75. The van der Waals surface area contributed by atoms with Gasteiger partial charge >= 0.3 is 0 Å². The minimum atomic E-state index is -0.490. The average molecular weight is 247 g/mol. The number of aliphatic hydroxyl groups is 1. The van der Waals surface area contributed by atoms with Crippen molar-refractivity contribution in [2.24, 2.45) is 0 Å². The highest BCUT2D eigenvalue weighted by Gasteiger charge is 2.05. The molecule has 2 aromatic rings. The van der Waals surface area contributed by atoms with Crippen molar-refractivity contribution in [1.82, 2.24) is 15.0 Å². The zero-order valence-electron chi connectivity index (χ0n) is 9.66. The molecule has 0 saturated carbocycles. The van der Waals surface area contributed by atoms with Gasteiger partial charge in [0.15, 0.2) is 5.16 Å². The lowest BCUT2D eigenvalue weighted by atomic mass is 10.2. The Morgan fingerprint density at radius 3 is 2.59 bits per heavy atom. The van der Waals surface area contributed by atoms with Gasteiger partial charge in [-0.1, -0.05) is 0 Å². The van der Waals surface area contributed by atoms with Crippen LogP contribution >= 0.6 is 11.8 Å². The lowest BCUT2D eigenvalue weighted by Crippen LogP contribution is -1.93. The average Bonchev–Trinajstić information content (AvgIpc) is 2.32. The number of aromatic nitrogens is 3. The summed E-state index contributed by atoms with van der Waals surface area (Å²) < 4.78 is 0. The molecule has 1 atom stereocenters. The van der Waals surface area contributed by atoms with Gasteiger partial charge in [-0.3, -0.25) is 0 Å². The molecule has 0 aliphatic rings. The Hall–Kier alpha value is -1.46. The summed E-state index contributed by atoms with van der Waals surface area (Å²) in [4.78, 5) is 12.6. The van der Waals surface area contributed by atoms with Crippen LogP contribution in [0.1, 0.15) is 24.2 Å². The Kier molecular flexibility index (Phi) is 3.71. The topological polar surface area (TPSA) is 58.9 Å². The van der Waals surface area contributed by atoms with Gasteiger partial charge in [-0.2, -0.15) is 0 Å². The van der Waals surface area contributed by atoms with Crippen LogP contribution in [0.5, 0.6) is 0 Å². The monoisotopic (exact) mass is 247 g/mol. The lowest BCUT2D eigenvalue weighted by molar-refractivity contribution is 0.199. The van der Waals surface area contributed by atoms with Gasteiger partial charge in [0, 0.05) is 18.6 Å². The van der Waals surface area contributed by atoms with Gasteiger partial charge in [0.25, 0.3) is 0 Å². The number of rotatable bonds is 3. The van der Waals surface area contributed by atoms with Crippen LogP contribution in [0.3, 0.4) is 0 Å². The summed E-state index contributed by atoms with van der Waals surface area (Å²) in [7, 11) is 0. The minimum Gasteiger partial charge on any atom is -0.389 e. The molecule has 1 N–H and O–H groups in total. The van der Waals surface area contributed by atoms with E-state index in [9.17, 15) is 5.11 Å². The smallest absolute Gasteiger partial charge is 0.193 e. The Balaban J connectivity index is 2.18. The van der Waals surface area contributed by atoms with Gasteiger partial charge in [0.2, 0.25) is 0 Å². The van der Waals surface area contributed by atoms with E-state index in [0.717, 1.165) is 16.2 Å². The van der Waals surface area contributed by atoms with Crippen molar-refractivity contribution in [1.29, 1.82) is 0 Å². The van der Waals surface area contributed by atoms with Crippen LogP contribution in [0.15, 0.2) is 40.9 Å². The molecule has 4 nitrogen and oxygen atoms in total. The predicted molar refractivity (Wildman–Crippen MR) is 65.8 cm³/mol. The molecule has 0 spiro atoms. The largest absolute Gasteiger partial charge is 0.389 e. The molecule has 0 aromatic carbocycles. The molecule has 5 heteroatoms. The summed E-state index contributed by atoms with van der Waals surface area (Å²) in [6, 6.07) is 3.64. The van der Waals surface area contributed by atoms with Gasteiger partial charge in [0.05, 0.1) is 6.10 Å². The van der Waals surface area contributed by atoms with Crippen molar-refractivity contribution in [3.8, 4) is 0 Å². The molecule has 0 bridgehead atoms. The Bertz CT molecular complexity index is 499. The first kappa shape index (κ1) is 12.0. The molecule has 0 saturated heterocycles. The molecule has 2 rings (SSSR count). The van der Waals surface area contributed by atoms with Crippen LogP contribution in [0, 0.1) is 6.92 Å². The second-order valence-corrected chi connectivity index (χ2v) is 4.74. The van der Waals surface area contributed by atoms with Gasteiger partial charge in [-0.15, -0.1) is 0 Å². The molecular formula is C12H13N3OS. The van der Waals surface area contributed by atoms with Crippen molar-refractivity contribution in [2.75, 3.05) is 0 Å². The van der Waals surface area contributed by atoms with Crippen molar-refractivity contribution >= 4 is 11.8 Å². The first-order chi connectivity index (χ1) is 8.15. The number of hydrogen-bond donors (Lipinski definition) is 1. The van der Waals surface area contributed by atoms with Gasteiger partial charge in [-0.25, -0.2) is 15.0 Å². The number of aryl methyl sites for hydroxylation is 1. The van der Waals surface area contributed by atoms with E-state index in [-0.39, 0.29) is 0 Å². The maximum absolute atomic E-state index is 9.48. The normalized spacial score (nSPS) is 12.4. The fourth-order valence-corrected chi connectivity index (χ4v) is 1.97. The van der Waals surface area contributed by atoms with Crippen molar-refractivity contribution in [3.63, 3.8) is 0 Å². The fraction of sp³-hybridized carbons (Fsp3) is 0.250. The van der Waals surface area contributed by atoms with E-state index in [4.69, 9.17) is 0 Å². The van der Waals surface area contributed by atoms with E-state index in [0.29, 0.717) is 5.16 Å². The highest BCUT2D eigenvalue weighted by molar-refractivity contribution is 7.99. The van der Waals surface area contributed by atoms with Crippen LogP contribution < -0.4 is 0 Å². The zero-order chi connectivity index (χ0) is 12.3. The van der Waals surface area contributed by atoms with Gasteiger partial charge in [-0.05, 0) is 48.9 Å².